The molecule has 0 N–H and O–H groups in total. The minimum Gasteiger partial charge on any atom is -0.458 e. The topological polar surface area (TPSA) is 35.5 Å². The van der Waals surface area contributed by atoms with Crippen LogP contribution in [0.1, 0.15) is 19.8 Å². The zero-order valence-corrected chi connectivity index (χ0v) is 7.85. The van der Waals surface area contributed by atoms with Crippen molar-refractivity contribution in [3.05, 3.63) is 12.4 Å². The van der Waals surface area contributed by atoms with E-state index in [0.717, 1.165) is 12.8 Å². The van der Waals surface area contributed by atoms with E-state index >= 15 is 0 Å². The lowest BCUT2D eigenvalue weighted by molar-refractivity contribution is -0.142. The molecule has 0 aliphatic heterocycles. The van der Waals surface area contributed by atoms with Crippen LogP contribution in [-0.4, -0.2) is 25.8 Å². The SMILES string of the molecule is C=C(F)C(=O)OCCOCCCC. The van der Waals surface area contributed by atoms with E-state index in [0.29, 0.717) is 13.2 Å². The van der Waals surface area contributed by atoms with Crippen LogP contribution in [0.4, 0.5) is 4.39 Å². The van der Waals surface area contributed by atoms with E-state index in [2.05, 4.69) is 18.2 Å². The summed E-state index contributed by atoms with van der Waals surface area (Å²) in [5.74, 6) is -2.09. The number of ether oxygens (including phenoxy) is 2. The predicted molar refractivity (Wildman–Crippen MR) is 46.9 cm³/mol. The van der Waals surface area contributed by atoms with Crippen molar-refractivity contribution >= 4 is 5.97 Å². The zero-order valence-electron chi connectivity index (χ0n) is 7.85. The van der Waals surface area contributed by atoms with Crippen molar-refractivity contribution in [1.82, 2.24) is 0 Å². The van der Waals surface area contributed by atoms with Crippen molar-refractivity contribution in [3.63, 3.8) is 0 Å². The number of hydrogen-bond donors (Lipinski definition) is 0. The molecule has 0 aromatic rings. The predicted octanol–water partition coefficient (Wildman–Crippen LogP) is 1.83. The van der Waals surface area contributed by atoms with Gasteiger partial charge in [0.25, 0.3) is 0 Å². The van der Waals surface area contributed by atoms with Gasteiger partial charge in [-0.25, -0.2) is 4.79 Å². The number of unbranched alkanes of at least 4 members (excludes halogenated alkanes) is 1. The highest BCUT2D eigenvalue weighted by Gasteiger charge is 2.05. The summed E-state index contributed by atoms with van der Waals surface area (Å²) in [6, 6.07) is 0. The molecule has 76 valence electrons. The van der Waals surface area contributed by atoms with Crippen molar-refractivity contribution in [2.75, 3.05) is 19.8 Å². The molecule has 0 rings (SSSR count). The third-order valence-electron chi connectivity index (χ3n) is 1.32. The highest BCUT2D eigenvalue weighted by molar-refractivity contribution is 5.85. The highest BCUT2D eigenvalue weighted by Crippen LogP contribution is 1.95. The third-order valence-corrected chi connectivity index (χ3v) is 1.32. The lowest BCUT2D eigenvalue weighted by atomic mass is 10.4. The summed E-state index contributed by atoms with van der Waals surface area (Å²) in [4.78, 5) is 10.5. The minimum atomic E-state index is -1.08. The summed E-state index contributed by atoms with van der Waals surface area (Å²) in [5, 5.41) is 0. The summed E-state index contributed by atoms with van der Waals surface area (Å²) < 4.78 is 21.5. The van der Waals surface area contributed by atoms with Gasteiger partial charge in [0.2, 0.25) is 5.83 Å². The lowest BCUT2D eigenvalue weighted by Crippen LogP contribution is -2.10. The Morgan fingerprint density at radius 3 is 2.62 bits per heavy atom. The Kier molecular flexibility index (Phi) is 7.20. The van der Waals surface area contributed by atoms with Crippen molar-refractivity contribution in [1.29, 1.82) is 0 Å². The number of hydrogen-bond acceptors (Lipinski definition) is 3. The first-order valence-electron chi connectivity index (χ1n) is 4.27. The molecule has 0 spiro atoms. The Morgan fingerprint density at radius 2 is 2.08 bits per heavy atom. The molecule has 0 aromatic heterocycles. The van der Waals surface area contributed by atoms with E-state index in [1.54, 1.807) is 0 Å². The Morgan fingerprint density at radius 1 is 1.38 bits per heavy atom. The largest absolute Gasteiger partial charge is 0.458 e. The maximum absolute atomic E-state index is 12.0. The van der Waals surface area contributed by atoms with Gasteiger partial charge in [-0.3, -0.25) is 0 Å². The number of carbonyl (C=O) groups excluding carboxylic acids is 1. The average molecular weight is 190 g/mol. The van der Waals surface area contributed by atoms with Gasteiger partial charge in [-0.2, -0.15) is 4.39 Å². The summed E-state index contributed by atoms with van der Waals surface area (Å²) >= 11 is 0. The molecule has 0 aromatic carbocycles. The van der Waals surface area contributed by atoms with Crippen molar-refractivity contribution in [3.8, 4) is 0 Å². The van der Waals surface area contributed by atoms with Gasteiger partial charge in [-0.05, 0) is 6.42 Å². The molecule has 4 heteroatoms. The smallest absolute Gasteiger partial charge is 0.366 e. The van der Waals surface area contributed by atoms with Gasteiger partial charge in [-0.15, -0.1) is 0 Å². The van der Waals surface area contributed by atoms with Crippen molar-refractivity contribution in [2.24, 2.45) is 0 Å². The van der Waals surface area contributed by atoms with Gasteiger partial charge >= 0.3 is 5.97 Å². The summed E-state index contributed by atoms with van der Waals surface area (Å²) in [5.41, 5.74) is 0. The molecule has 0 heterocycles. The van der Waals surface area contributed by atoms with Crippen LogP contribution < -0.4 is 0 Å². The summed E-state index contributed by atoms with van der Waals surface area (Å²) in [7, 11) is 0. The number of rotatable bonds is 7. The second-order valence-corrected chi connectivity index (χ2v) is 2.51. The zero-order chi connectivity index (χ0) is 10.1. The van der Waals surface area contributed by atoms with Crippen LogP contribution in [0.3, 0.4) is 0 Å². The van der Waals surface area contributed by atoms with E-state index < -0.39 is 11.8 Å². The molecule has 3 nitrogen and oxygen atoms in total. The van der Waals surface area contributed by atoms with Gasteiger partial charge in [0, 0.05) is 6.61 Å². The Balaban J connectivity index is 3.16. The van der Waals surface area contributed by atoms with E-state index in [4.69, 9.17) is 4.74 Å². The maximum atomic E-state index is 12.0. The molecule has 13 heavy (non-hydrogen) atoms. The van der Waals surface area contributed by atoms with Gasteiger partial charge in [0.1, 0.15) is 6.61 Å². The molecule has 0 aliphatic rings. The van der Waals surface area contributed by atoms with Gasteiger partial charge in [0.15, 0.2) is 0 Å². The van der Waals surface area contributed by atoms with E-state index in [1.165, 1.54) is 0 Å². The fraction of sp³-hybridized carbons (Fsp3) is 0.667. The molecular formula is C9H15FO3. The van der Waals surface area contributed by atoms with Crippen LogP contribution in [0.25, 0.3) is 0 Å². The number of esters is 1. The summed E-state index contributed by atoms with van der Waals surface area (Å²) in [6.45, 7) is 5.88. The molecule has 0 saturated carbocycles. The fourth-order valence-electron chi connectivity index (χ4n) is 0.620. The Bertz CT molecular complexity index is 168. The van der Waals surface area contributed by atoms with Crippen LogP contribution >= 0.6 is 0 Å². The molecule has 0 saturated heterocycles. The first kappa shape index (κ1) is 12.1. The first-order valence-corrected chi connectivity index (χ1v) is 4.27. The van der Waals surface area contributed by atoms with Crippen LogP contribution in [0, 0.1) is 0 Å². The lowest BCUT2D eigenvalue weighted by Gasteiger charge is -2.03. The number of halogens is 1. The Labute approximate surface area is 77.5 Å². The standard InChI is InChI=1S/C9H15FO3/c1-3-4-5-12-6-7-13-9(11)8(2)10/h2-7H2,1H3. The number of carbonyl (C=O) groups is 1. The average Bonchev–Trinajstić information content (AvgIpc) is 2.10. The van der Waals surface area contributed by atoms with Crippen LogP contribution in [0.15, 0.2) is 12.4 Å². The summed E-state index contributed by atoms with van der Waals surface area (Å²) in [6.07, 6.45) is 2.03. The van der Waals surface area contributed by atoms with Crippen LogP contribution in [-0.2, 0) is 14.3 Å². The quantitative estimate of drug-likeness (QED) is 0.349. The molecular weight excluding hydrogens is 175 g/mol. The van der Waals surface area contributed by atoms with Gasteiger partial charge in [-0.1, -0.05) is 19.9 Å². The first-order chi connectivity index (χ1) is 6.18. The van der Waals surface area contributed by atoms with Gasteiger partial charge in [0.05, 0.1) is 6.61 Å². The fourth-order valence-corrected chi connectivity index (χ4v) is 0.620. The maximum Gasteiger partial charge on any atom is 0.366 e. The second kappa shape index (κ2) is 7.73. The van der Waals surface area contributed by atoms with E-state index in [1.807, 2.05) is 0 Å². The Hall–Kier alpha value is -0.900. The van der Waals surface area contributed by atoms with Gasteiger partial charge < -0.3 is 9.47 Å². The van der Waals surface area contributed by atoms with Crippen molar-refractivity contribution < 1.29 is 18.7 Å². The van der Waals surface area contributed by atoms with Crippen molar-refractivity contribution in [2.45, 2.75) is 19.8 Å². The molecule has 0 amide bonds. The molecule has 0 atom stereocenters. The van der Waals surface area contributed by atoms with E-state index in [9.17, 15) is 9.18 Å². The minimum absolute atomic E-state index is 0.0749. The monoisotopic (exact) mass is 190 g/mol. The van der Waals surface area contributed by atoms with Crippen LogP contribution in [0.2, 0.25) is 0 Å². The third kappa shape index (κ3) is 7.46. The normalized spacial score (nSPS) is 9.69. The molecule has 0 fully saturated rings. The molecule has 0 aliphatic carbocycles. The second-order valence-electron chi connectivity index (χ2n) is 2.51. The van der Waals surface area contributed by atoms with E-state index in [-0.39, 0.29) is 6.61 Å². The molecule has 0 radical (unpaired) electrons. The molecule has 0 unspecified atom stereocenters. The highest BCUT2D eigenvalue weighted by atomic mass is 19.1. The molecule has 0 bridgehead atoms. The van der Waals surface area contributed by atoms with Crippen LogP contribution in [0.5, 0.6) is 0 Å².